The molecule has 4 heterocycles. The van der Waals surface area contributed by atoms with Gasteiger partial charge in [-0.25, -0.2) is 9.97 Å². The molecule has 0 spiro atoms. The van der Waals surface area contributed by atoms with Crippen molar-refractivity contribution in [3.05, 3.63) is 120 Å². The van der Waals surface area contributed by atoms with Crippen LogP contribution in [-0.4, -0.2) is 27.9 Å². The maximum absolute atomic E-state index is 9.39. The molecule has 0 saturated heterocycles. The number of hydrogen-bond acceptors (Lipinski definition) is 2. The van der Waals surface area contributed by atoms with Crippen LogP contribution in [0.3, 0.4) is 0 Å². The van der Waals surface area contributed by atoms with E-state index in [9.17, 15) is 2.74 Å². The third kappa shape index (κ3) is 3.63. The summed E-state index contributed by atoms with van der Waals surface area (Å²) in [6.07, 6.45) is 7.88. The summed E-state index contributed by atoms with van der Waals surface area (Å²) in [5.74, 6) is 0.517. The highest BCUT2D eigenvalue weighted by Crippen LogP contribution is 2.41. The van der Waals surface area contributed by atoms with Gasteiger partial charge in [0.05, 0.1) is 55.5 Å². The highest BCUT2D eigenvalue weighted by atomic mass is 15.2. The van der Waals surface area contributed by atoms with E-state index in [1.807, 2.05) is 0 Å². The molecule has 48 heavy (non-hydrogen) atoms. The molecule has 9 aromatic rings. The van der Waals surface area contributed by atoms with Crippen LogP contribution in [-0.2, 0) is 0 Å². The van der Waals surface area contributed by atoms with Gasteiger partial charge >= 0.3 is 0 Å². The van der Waals surface area contributed by atoms with Crippen molar-refractivity contribution < 1.29 is 2.74 Å². The Morgan fingerprint density at radius 2 is 0.854 bits per heavy atom. The van der Waals surface area contributed by atoms with Gasteiger partial charge < -0.3 is 0 Å². The number of aromatic nitrogens is 6. The highest BCUT2D eigenvalue weighted by Gasteiger charge is 2.26. The van der Waals surface area contributed by atoms with Crippen molar-refractivity contribution in [2.24, 2.45) is 0 Å². The quantitative estimate of drug-likeness (QED) is 0.195. The average molecular weight is 627 g/mol. The summed E-state index contributed by atoms with van der Waals surface area (Å²) in [5.41, 5.74) is 12.4. The Labute approximate surface area is 280 Å². The molecule has 0 unspecified atom stereocenters. The second kappa shape index (κ2) is 10.1. The lowest BCUT2D eigenvalue weighted by atomic mass is 9.96. The SMILES string of the molecule is [2H]C1(c2cccc3c2nc2n(-c4cccc(-n5c6ccccc6n6c7cccc(C8([2H])CCCC8)c7nc56)c4)c4ccccc4n32)CCCC1. The number of benzene rings is 5. The Bertz CT molecular complexity index is 2630. The predicted octanol–water partition coefficient (Wildman–Crippen LogP) is 10.5. The first-order chi connectivity index (χ1) is 24.5. The highest BCUT2D eigenvalue weighted by molar-refractivity contribution is 5.95. The van der Waals surface area contributed by atoms with E-state index in [-0.39, 0.29) is 0 Å². The minimum absolute atomic E-state index is 0.592. The Hall–Kier alpha value is -5.36. The molecule has 0 atom stereocenters. The van der Waals surface area contributed by atoms with E-state index < -0.39 is 11.8 Å². The second-order valence-electron chi connectivity index (χ2n) is 13.6. The lowest BCUT2D eigenvalue weighted by molar-refractivity contribution is 0.728. The summed E-state index contributed by atoms with van der Waals surface area (Å²) in [4.78, 5) is 10.7. The van der Waals surface area contributed by atoms with Crippen molar-refractivity contribution in [3.8, 4) is 11.4 Å². The smallest absolute Gasteiger partial charge is 0.220 e. The van der Waals surface area contributed by atoms with Gasteiger partial charge in [-0.15, -0.1) is 0 Å². The van der Waals surface area contributed by atoms with Crippen LogP contribution in [0.2, 0.25) is 0 Å². The van der Waals surface area contributed by atoms with E-state index in [0.717, 1.165) is 130 Å². The van der Waals surface area contributed by atoms with E-state index >= 15 is 0 Å². The first-order valence-electron chi connectivity index (χ1n) is 18.5. The van der Waals surface area contributed by atoms with Crippen molar-refractivity contribution in [2.45, 2.75) is 63.2 Å². The molecule has 6 nitrogen and oxygen atoms in total. The van der Waals surface area contributed by atoms with Crippen molar-refractivity contribution in [1.29, 1.82) is 0 Å². The fourth-order valence-corrected chi connectivity index (χ4v) is 8.84. The maximum Gasteiger partial charge on any atom is 0.220 e. The Balaban J connectivity index is 1.17. The first-order valence-corrected chi connectivity index (χ1v) is 17.5. The van der Waals surface area contributed by atoms with E-state index in [1.54, 1.807) is 0 Å². The van der Waals surface area contributed by atoms with Gasteiger partial charge in [0.25, 0.3) is 0 Å². The molecule has 6 heteroatoms. The monoisotopic (exact) mass is 626 g/mol. The van der Waals surface area contributed by atoms with E-state index in [4.69, 9.17) is 9.97 Å². The summed E-state index contributed by atoms with van der Waals surface area (Å²) < 4.78 is 27.8. The lowest BCUT2D eigenvalue weighted by Gasteiger charge is -2.11. The van der Waals surface area contributed by atoms with Crippen molar-refractivity contribution in [2.75, 3.05) is 0 Å². The van der Waals surface area contributed by atoms with Crippen molar-refractivity contribution >= 4 is 55.7 Å². The summed E-state index contributed by atoms with van der Waals surface area (Å²) in [7, 11) is 0. The lowest BCUT2D eigenvalue weighted by Crippen LogP contribution is -2.00. The number of hydrogen-bond donors (Lipinski definition) is 0. The van der Waals surface area contributed by atoms with Crippen LogP contribution in [0, 0.1) is 0 Å². The Morgan fingerprint density at radius 1 is 0.458 bits per heavy atom. The molecule has 0 aliphatic heterocycles. The van der Waals surface area contributed by atoms with Crippen LogP contribution in [0.15, 0.2) is 109 Å². The van der Waals surface area contributed by atoms with Crippen LogP contribution in [0.5, 0.6) is 0 Å². The van der Waals surface area contributed by atoms with Gasteiger partial charge in [0.1, 0.15) is 0 Å². The molecule has 0 N–H and O–H groups in total. The van der Waals surface area contributed by atoms with Crippen LogP contribution in [0.4, 0.5) is 0 Å². The number of imidazole rings is 4. The topological polar surface area (TPSA) is 44.5 Å². The van der Waals surface area contributed by atoms with Crippen LogP contribution >= 0.6 is 0 Å². The Morgan fingerprint density at radius 3 is 1.31 bits per heavy atom. The van der Waals surface area contributed by atoms with Crippen LogP contribution in [0.1, 0.15) is 77.0 Å². The Kier molecular flexibility index (Phi) is 5.20. The zero-order chi connectivity index (χ0) is 33.2. The normalized spacial score (nSPS) is 18.2. The van der Waals surface area contributed by atoms with Gasteiger partial charge in [-0.05, 0) is 103 Å². The largest absolute Gasteiger partial charge is 0.278 e. The molecule has 234 valence electrons. The van der Waals surface area contributed by atoms with Crippen molar-refractivity contribution in [3.63, 3.8) is 0 Å². The third-order valence-electron chi connectivity index (χ3n) is 11.0. The number of rotatable bonds is 4. The molecule has 11 rings (SSSR count). The summed E-state index contributed by atoms with van der Waals surface area (Å²) in [5, 5.41) is 0. The molecule has 2 fully saturated rings. The average Bonchev–Trinajstić information content (AvgIpc) is 3.99. The molecular formula is C42H36N6. The summed E-state index contributed by atoms with van der Waals surface area (Å²) in [6, 6.07) is 38.5. The van der Waals surface area contributed by atoms with E-state index in [2.05, 4.69) is 127 Å². The summed E-state index contributed by atoms with van der Waals surface area (Å²) >= 11 is 0. The van der Waals surface area contributed by atoms with Crippen LogP contribution < -0.4 is 0 Å². The minimum atomic E-state index is -0.592. The molecule has 4 aromatic heterocycles. The fourth-order valence-electron chi connectivity index (χ4n) is 8.84. The number of fused-ring (bicyclic) bond motifs is 10. The molecule has 2 aliphatic carbocycles. The minimum Gasteiger partial charge on any atom is -0.278 e. The number of nitrogens with zero attached hydrogens (tertiary/aromatic N) is 6. The zero-order valence-corrected chi connectivity index (χ0v) is 26.7. The molecule has 0 radical (unpaired) electrons. The van der Waals surface area contributed by atoms with E-state index in [0.29, 0.717) is 0 Å². The van der Waals surface area contributed by atoms with Gasteiger partial charge in [0.2, 0.25) is 11.6 Å². The first kappa shape index (κ1) is 24.8. The van der Waals surface area contributed by atoms with Crippen molar-refractivity contribution in [1.82, 2.24) is 27.9 Å². The zero-order valence-electron chi connectivity index (χ0n) is 28.7. The van der Waals surface area contributed by atoms with E-state index in [1.165, 1.54) is 0 Å². The molecule has 2 saturated carbocycles. The molecule has 0 amide bonds. The van der Waals surface area contributed by atoms with Gasteiger partial charge in [0.15, 0.2) is 0 Å². The second-order valence-corrected chi connectivity index (χ2v) is 13.6. The van der Waals surface area contributed by atoms with Gasteiger partial charge in [-0.1, -0.05) is 80.3 Å². The predicted molar refractivity (Wildman–Crippen MR) is 195 cm³/mol. The standard InChI is InChI=1S/C42H36N6/c1-2-13-27(12-1)31-18-10-24-37-39(31)43-41-45(33-20-5-7-22-35(33)47(37)41)29-16-9-17-30(26-29)46-34-21-6-8-23-36(34)48-38-25-11-19-32(28-14-3-4-15-28)40(38)44-42(46)48/h5-11,16-28H,1-4,12-15H2/i27D,28D. The van der Waals surface area contributed by atoms with Gasteiger partial charge in [-0.2, -0.15) is 0 Å². The molecule has 5 aromatic carbocycles. The van der Waals surface area contributed by atoms with Gasteiger partial charge in [0, 0.05) is 2.74 Å². The number of para-hydroxylation sites is 6. The molecular weight excluding hydrogens is 589 g/mol. The summed E-state index contributed by atoms with van der Waals surface area (Å²) in [6.45, 7) is 0. The molecule has 2 aliphatic rings. The third-order valence-corrected chi connectivity index (χ3v) is 11.0. The fraction of sp³-hybridized carbons (Fsp3) is 0.238. The van der Waals surface area contributed by atoms with Crippen LogP contribution in [0.25, 0.3) is 67.1 Å². The molecule has 0 bridgehead atoms. The van der Waals surface area contributed by atoms with Gasteiger partial charge in [-0.3, -0.25) is 17.9 Å². The maximum atomic E-state index is 9.39.